The van der Waals surface area contributed by atoms with Crippen molar-refractivity contribution in [3.05, 3.63) is 35.4 Å². The molecule has 0 radical (unpaired) electrons. The molecule has 0 spiro atoms. The zero-order valence-electron chi connectivity index (χ0n) is 11.6. The van der Waals surface area contributed by atoms with Crippen molar-refractivity contribution in [2.75, 3.05) is 0 Å². The van der Waals surface area contributed by atoms with Crippen molar-refractivity contribution < 1.29 is 8.42 Å². The van der Waals surface area contributed by atoms with Crippen molar-refractivity contribution in [2.24, 2.45) is 5.92 Å². The summed E-state index contributed by atoms with van der Waals surface area (Å²) in [7, 11) is -3.42. The Balaban J connectivity index is 2.89. The monoisotopic (exact) mass is 280 g/mol. The lowest BCUT2D eigenvalue weighted by Gasteiger charge is -2.20. The number of rotatable bonds is 6. The van der Waals surface area contributed by atoms with Gasteiger partial charge in [-0.3, -0.25) is 0 Å². The third-order valence-corrected chi connectivity index (χ3v) is 4.41. The van der Waals surface area contributed by atoms with Crippen LogP contribution < -0.4 is 4.72 Å². The van der Waals surface area contributed by atoms with Crippen LogP contribution in [-0.2, 0) is 15.8 Å². The number of hydrogen-bond donors (Lipinski definition) is 1. The van der Waals surface area contributed by atoms with Gasteiger partial charge >= 0.3 is 0 Å². The minimum absolute atomic E-state index is 0.0701. The molecule has 19 heavy (non-hydrogen) atoms. The van der Waals surface area contributed by atoms with Crippen molar-refractivity contribution in [2.45, 2.75) is 39.0 Å². The number of sulfonamides is 1. The third kappa shape index (κ3) is 4.66. The molecule has 1 aromatic rings. The predicted molar refractivity (Wildman–Crippen MR) is 75.8 cm³/mol. The van der Waals surface area contributed by atoms with Gasteiger partial charge in [0.05, 0.1) is 17.4 Å². The largest absolute Gasteiger partial charge is 0.216 e. The van der Waals surface area contributed by atoms with E-state index in [0.717, 1.165) is 6.42 Å². The molecule has 0 aliphatic heterocycles. The number of nitrogens with zero attached hydrogens (tertiary/aromatic N) is 1. The second kappa shape index (κ2) is 6.69. The molecule has 0 aliphatic rings. The molecular weight excluding hydrogens is 260 g/mol. The molecule has 0 saturated heterocycles. The fourth-order valence-electron chi connectivity index (χ4n) is 1.92. The quantitative estimate of drug-likeness (QED) is 0.870. The van der Waals surface area contributed by atoms with E-state index in [1.54, 1.807) is 24.3 Å². The second-order valence-corrected chi connectivity index (χ2v) is 6.66. The summed E-state index contributed by atoms with van der Waals surface area (Å²) in [6, 6.07) is 8.72. The molecular formula is C14H20N2O2S. The number of hydrogen-bond acceptors (Lipinski definition) is 3. The van der Waals surface area contributed by atoms with Crippen LogP contribution >= 0.6 is 0 Å². The standard InChI is InChI=1S/C14H20N2O2S/c1-4-14(11(2)3)16-19(17,18)10-13-8-6-5-7-12(13)9-15/h5-8,11,14,16H,4,10H2,1-3H3. The van der Waals surface area contributed by atoms with Gasteiger partial charge in [0.15, 0.2) is 0 Å². The lowest BCUT2D eigenvalue weighted by atomic mass is 10.0. The molecule has 0 saturated carbocycles. The van der Waals surface area contributed by atoms with Crippen molar-refractivity contribution in [1.82, 2.24) is 4.72 Å². The van der Waals surface area contributed by atoms with Crippen LogP contribution in [0, 0.1) is 17.2 Å². The lowest BCUT2D eigenvalue weighted by molar-refractivity contribution is 0.437. The Hall–Kier alpha value is -1.38. The van der Waals surface area contributed by atoms with Crippen molar-refractivity contribution >= 4 is 10.0 Å². The van der Waals surface area contributed by atoms with Crippen molar-refractivity contribution in [1.29, 1.82) is 5.26 Å². The van der Waals surface area contributed by atoms with E-state index in [1.165, 1.54) is 0 Å². The average molecular weight is 280 g/mol. The van der Waals surface area contributed by atoms with Gasteiger partial charge in [-0.1, -0.05) is 39.0 Å². The molecule has 0 aromatic heterocycles. The van der Waals surface area contributed by atoms with E-state index in [1.807, 2.05) is 26.8 Å². The summed E-state index contributed by atoms with van der Waals surface area (Å²) in [5.41, 5.74) is 0.946. The summed E-state index contributed by atoms with van der Waals surface area (Å²) < 4.78 is 26.9. The molecule has 1 rings (SSSR count). The topological polar surface area (TPSA) is 70.0 Å². The molecule has 0 heterocycles. The smallest absolute Gasteiger partial charge is 0.212 e. The van der Waals surface area contributed by atoms with E-state index in [0.29, 0.717) is 11.1 Å². The highest BCUT2D eigenvalue weighted by molar-refractivity contribution is 7.88. The van der Waals surface area contributed by atoms with Crippen LogP contribution in [0.5, 0.6) is 0 Å². The number of nitrogens with one attached hydrogen (secondary N) is 1. The molecule has 1 atom stereocenters. The van der Waals surface area contributed by atoms with Gasteiger partial charge in [-0.15, -0.1) is 0 Å². The highest BCUT2D eigenvalue weighted by Gasteiger charge is 2.20. The maximum Gasteiger partial charge on any atom is 0.216 e. The molecule has 1 N–H and O–H groups in total. The van der Waals surface area contributed by atoms with Gasteiger partial charge in [-0.2, -0.15) is 5.26 Å². The number of nitriles is 1. The highest BCUT2D eigenvalue weighted by Crippen LogP contribution is 2.13. The molecule has 0 aliphatic carbocycles. The van der Waals surface area contributed by atoms with Crippen molar-refractivity contribution in [3.8, 4) is 6.07 Å². The predicted octanol–water partition coefficient (Wildman–Crippen LogP) is 2.41. The zero-order chi connectivity index (χ0) is 14.5. The molecule has 4 nitrogen and oxygen atoms in total. The van der Waals surface area contributed by atoms with Gasteiger partial charge in [0.2, 0.25) is 10.0 Å². The first-order valence-corrected chi connectivity index (χ1v) is 8.02. The van der Waals surface area contributed by atoms with E-state index in [2.05, 4.69) is 4.72 Å². The van der Waals surface area contributed by atoms with Crippen molar-refractivity contribution in [3.63, 3.8) is 0 Å². The summed E-state index contributed by atoms with van der Waals surface area (Å²) in [5.74, 6) is 0.0888. The Kier molecular flexibility index (Phi) is 5.52. The van der Waals surface area contributed by atoms with Gasteiger partial charge in [0.1, 0.15) is 0 Å². The Morgan fingerprint density at radius 1 is 1.32 bits per heavy atom. The van der Waals surface area contributed by atoms with Crippen LogP contribution in [0.1, 0.15) is 38.3 Å². The summed E-state index contributed by atoms with van der Waals surface area (Å²) in [4.78, 5) is 0. The van der Waals surface area contributed by atoms with E-state index in [4.69, 9.17) is 5.26 Å². The molecule has 5 heteroatoms. The lowest BCUT2D eigenvalue weighted by Crippen LogP contribution is -2.38. The Labute approximate surface area is 115 Å². The van der Waals surface area contributed by atoms with E-state index < -0.39 is 10.0 Å². The minimum atomic E-state index is -3.42. The van der Waals surface area contributed by atoms with E-state index in [-0.39, 0.29) is 17.7 Å². The van der Waals surface area contributed by atoms with Crippen LogP contribution in [0.2, 0.25) is 0 Å². The normalized spacial score (nSPS) is 13.2. The van der Waals surface area contributed by atoms with Crippen LogP contribution in [0.25, 0.3) is 0 Å². The highest BCUT2D eigenvalue weighted by atomic mass is 32.2. The first-order chi connectivity index (χ1) is 8.89. The van der Waals surface area contributed by atoms with Gasteiger partial charge in [0, 0.05) is 6.04 Å². The van der Waals surface area contributed by atoms with Crippen LogP contribution in [-0.4, -0.2) is 14.5 Å². The summed E-state index contributed by atoms with van der Waals surface area (Å²) in [5, 5.41) is 8.97. The maximum absolute atomic E-state index is 12.1. The van der Waals surface area contributed by atoms with Gasteiger partial charge < -0.3 is 0 Å². The Morgan fingerprint density at radius 3 is 2.47 bits per heavy atom. The van der Waals surface area contributed by atoms with Gasteiger partial charge in [0.25, 0.3) is 0 Å². The van der Waals surface area contributed by atoms with Crippen LogP contribution in [0.15, 0.2) is 24.3 Å². The molecule has 104 valence electrons. The second-order valence-electron chi connectivity index (χ2n) is 4.90. The SMILES string of the molecule is CCC(NS(=O)(=O)Cc1ccccc1C#N)C(C)C. The fourth-order valence-corrected chi connectivity index (χ4v) is 3.57. The van der Waals surface area contributed by atoms with E-state index in [9.17, 15) is 8.42 Å². The summed E-state index contributed by atoms with van der Waals surface area (Å²) >= 11 is 0. The van der Waals surface area contributed by atoms with Gasteiger partial charge in [-0.25, -0.2) is 13.1 Å². The first kappa shape index (κ1) is 15.7. The summed E-state index contributed by atoms with van der Waals surface area (Å²) in [6.07, 6.45) is 0.747. The minimum Gasteiger partial charge on any atom is -0.212 e. The average Bonchev–Trinajstić information content (AvgIpc) is 2.36. The summed E-state index contributed by atoms with van der Waals surface area (Å²) in [6.45, 7) is 5.93. The van der Waals surface area contributed by atoms with Crippen LogP contribution in [0.3, 0.4) is 0 Å². The molecule has 0 bridgehead atoms. The zero-order valence-corrected chi connectivity index (χ0v) is 12.4. The molecule has 0 fully saturated rings. The Morgan fingerprint density at radius 2 is 1.95 bits per heavy atom. The number of benzene rings is 1. The molecule has 1 aromatic carbocycles. The molecule has 1 unspecified atom stereocenters. The third-order valence-electron chi connectivity index (χ3n) is 3.06. The maximum atomic E-state index is 12.1. The first-order valence-electron chi connectivity index (χ1n) is 6.37. The Bertz CT molecular complexity index is 559. The van der Waals surface area contributed by atoms with Crippen LogP contribution in [0.4, 0.5) is 0 Å². The van der Waals surface area contributed by atoms with Gasteiger partial charge in [-0.05, 0) is 24.0 Å². The molecule has 0 amide bonds. The fraction of sp³-hybridized carbons (Fsp3) is 0.500. The van der Waals surface area contributed by atoms with E-state index >= 15 is 0 Å².